The van der Waals surface area contributed by atoms with Gasteiger partial charge in [-0.2, -0.15) is 0 Å². The minimum Gasteiger partial charge on any atom is -0.490 e. The normalized spacial score (nSPS) is 11.7. The average Bonchev–Trinajstić information content (AvgIpc) is 3.20. The van der Waals surface area contributed by atoms with E-state index in [1.807, 2.05) is 55.5 Å². The Morgan fingerprint density at radius 3 is 2.51 bits per heavy atom. The van der Waals surface area contributed by atoms with Gasteiger partial charge in [-0.3, -0.25) is 14.2 Å². The molecule has 0 aliphatic heterocycles. The molecule has 0 aliphatic rings. The number of benzene rings is 2. The van der Waals surface area contributed by atoms with E-state index in [2.05, 4.69) is 10.3 Å². The molecule has 0 saturated carbocycles. The number of carbonyl (C=O) groups excluding carboxylic acids is 2. The first kappa shape index (κ1) is 24.2. The van der Waals surface area contributed by atoms with E-state index < -0.39 is 12.0 Å². The number of amides is 1. The Bertz CT molecular complexity index is 1430. The van der Waals surface area contributed by atoms with E-state index in [-0.39, 0.29) is 24.7 Å². The van der Waals surface area contributed by atoms with Gasteiger partial charge >= 0.3 is 5.97 Å². The lowest BCUT2D eigenvalue weighted by Gasteiger charge is -2.16. The maximum atomic E-state index is 13.2. The van der Waals surface area contributed by atoms with Crippen molar-refractivity contribution in [1.82, 2.24) is 9.55 Å². The summed E-state index contributed by atoms with van der Waals surface area (Å²) in [7, 11) is 0. The van der Waals surface area contributed by atoms with Gasteiger partial charge in [0.15, 0.2) is 0 Å². The Labute approximate surface area is 206 Å². The van der Waals surface area contributed by atoms with Crippen molar-refractivity contribution in [2.24, 2.45) is 0 Å². The molecule has 0 saturated heterocycles. The van der Waals surface area contributed by atoms with Crippen molar-refractivity contribution in [2.75, 3.05) is 18.5 Å². The SMILES string of the molecule is Cc1ccccc1NC(=O)C(C)n1cnc2sc(C(=O)OCCOc3ccccc3)c(C)c2c1=O. The van der Waals surface area contributed by atoms with Gasteiger partial charge in [0.25, 0.3) is 5.56 Å². The smallest absolute Gasteiger partial charge is 0.348 e. The maximum Gasteiger partial charge on any atom is 0.348 e. The van der Waals surface area contributed by atoms with Gasteiger partial charge < -0.3 is 14.8 Å². The predicted octanol–water partition coefficient (Wildman–Crippen LogP) is 4.51. The predicted molar refractivity (Wildman–Crippen MR) is 135 cm³/mol. The first-order valence-electron chi connectivity index (χ1n) is 11.1. The number of ether oxygens (including phenoxy) is 2. The summed E-state index contributed by atoms with van der Waals surface area (Å²) < 4.78 is 12.2. The van der Waals surface area contributed by atoms with Crippen LogP contribution in [-0.2, 0) is 9.53 Å². The summed E-state index contributed by atoms with van der Waals surface area (Å²) in [6.07, 6.45) is 1.34. The van der Waals surface area contributed by atoms with Crippen molar-refractivity contribution in [2.45, 2.75) is 26.8 Å². The van der Waals surface area contributed by atoms with Crippen LogP contribution < -0.4 is 15.6 Å². The number of aromatic nitrogens is 2. The van der Waals surface area contributed by atoms with Gasteiger partial charge in [-0.05, 0) is 50.1 Å². The summed E-state index contributed by atoms with van der Waals surface area (Å²) in [6.45, 7) is 5.48. The van der Waals surface area contributed by atoms with Crippen LogP contribution in [0.4, 0.5) is 5.69 Å². The number of hydrogen-bond donors (Lipinski definition) is 1. The number of carbonyl (C=O) groups is 2. The fourth-order valence-corrected chi connectivity index (χ4v) is 4.59. The van der Waals surface area contributed by atoms with Gasteiger partial charge in [0.05, 0.1) is 11.7 Å². The van der Waals surface area contributed by atoms with Crippen molar-refractivity contribution in [1.29, 1.82) is 0 Å². The van der Waals surface area contributed by atoms with Crippen LogP contribution in [0.1, 0.15) is 33.8 Å². The van der Waals surface area contributed by atoms with Gasteiger partial charge in [-0.1, -0.05) is 36.4 Å². The highest BCUT2D eigenvalue weighted by Gasteiger charge is 2.24. The highest BCUT2D eigenvalue weighted by Crippen LogP contribution is 2.28. The Hall–Kier alpha value is -3.98. The molecular formula is C26H25N3O5S. The number of aryl methyl sites for hydroxylation is 2. The number of hydrogen-bond acceptors (Lipinski definition) is 7. The summed E-state index contributed by atoms with van der Waals surface area (Å²) in [6, 6.07) is 15.8. The van der Waals surface area contributed by atoms with E-state index in [0.717, 1.165) is 16.9 Å². The number of anilines is 1. The number of rotatable bonds is 8. The molecular weight excluding hydrogens is 466 g/mol. The molecule has 0 spiro atoms. The van der Waals surface area contributed by atoms with Crippen molar-refractivity contribution < 1.29 is 19.1 Å². The number of nitrogens with one attached hydrogen (secondary N) is 1. The van der Waals surface area contributed by atoms with Gasteiger partial charge in [0.1, 0.15) is 34.7 Å². The average molecular weight is 492 g/mol. The van der Waals surface area contributed by atoms with Crippen LogP contribution in [-0.4, -0.2) is 34.6 Å². The van der Waals surface area contributed by atoms with Crippen LogP contribution in [0.5, 0.6) is 5.75 Å². The standard InChI is InChI=1S/C26H25N3O5S/c1-16-9-7-8-12-20(16)28-23(30)18(3)29-15-27-24-21(25(29)31)17(2)22(35-24)26(32)34-14-13-33-19-10-5-4-6-11-19/h4-12,15,18H,13-14H2,1-3H3,(H,28,30). The zero-order valence-corrected chi connectivity index (χ0v) is 20.4. The summed E-state index contributed by atoms with van der Waals surface area (Å²) >= 11 is 1.09. The number of fused-ring (bicyclic) bond motifs is 1. The second-order valence-corrected chi connectivity index (χ2v) is 8.97. The molecule has 1 atom stereocenters. The minimum absolute atomic E-state index is 0.0647. The fraction of sp³-hybridized carbons (Fsp3) is 0.231. The fourth-order valence-electron chi connectivity index (χ4n) is 3.56. The Balaban J connectivity index is 1.48. The molecule has 2 aromatic carbocycles. The topological polar surface area (TPSA) is 99.5 Å². The Kier molecular flexibility index (Phi) is 7.26. The molecule has 35 heavy (non-hydrogen) atoms. The van der Waals surface area contributed by atoms with Gasteiger partial charge in [0.2, 0.25) is 5.91 Å². The lowest BCUT2D eigenvalue weighted by Crippen LogP contribution is -2.32. The third-order valence-electron chi connectivity index (χ3n) is 5.59. The van der Waals surface area contributed by atoms with E-state index in [4.69, 9.17) is 9.47 Å². The molecule has 0 bridgehead atoms. The van der Waals surface area contributed by atoms with Crippen LogP contribution in [0.25, 0.3) is 10.2 Å². The third kappa shape index (κ3) is 5.25. The third-order valence-corrected chi connectivity index (χ3v) is 6.77. The second-order valence-electron chi connectivity index (χ2n) is 7.97. The minimum atomic E-state index is -0.802. The number of esters is 1. The molecule has 2 heterocycles. The van der Waals surface area contributed by atoms with Crippen molar-refractivity contribution >= 4 is 39.1 Å². The van der Waals surface area contributed by atoms with Gasteiger partial charge in [-0.25, -0.2) is 9.78 Å². The van der Waals surface area contributed by atoms with Crippen LogP contribution >= 0.6 is 11.3 Å². The van der Waals surface area contributed by atoms with Crippen molar-refractivity contribution in [3.63, 3.8) is 0 Å². The summed E-state index contributed by atoms with van der Waals surface area (Å²) in [5, 5.41) is 3.16. The zero-order chi connectivity index (χ0) is 24.9. The quantitative estimate of drug-likeness (QED) is 0.288. The first-order valence-corrected chi connectivity index (χ1v) is 11.9. The van der Waals surface area contributed by atoms with Crippen molar-refractivity contribution in [3.8, 4) is 5.75 Å². The molecule has 0 aliphatic carbocycles. The summed E-state index contributed by atoms with van der Waals surface area (Å²) in [5.41, 5.74) is 1.69. The second kappa shape index (κ2) is 10.5. The van der Waals surface area contributed by atoms with Crippen LogP contribution in [0.3, 0.4) is 0 Å². The maximum absolute atomic E-state index is 13.2. The summed E-state index contributed by atoms with van der Waals surface area (Å²) in [4.78, 5) is 43.8. The molecule has 180 valence electrons. The number of para-hydroxylation sites is 2. The molecule has 1 unspecified atom stereocenters. The van der Waals surface area contributed by atoms with Crippen LogP contribution in [0.15, 0.2) is 65.7 Å². The lowest BCUT2D eigenvalue weighted by atomic mass is 10.2. The van der Waals surface area contributed by atoms with E-state index in [1.54, 1.807) is 19.9 Å². The number of thiophene rings is 1. The molecule has 1 N–H and O–H groups in total. The van der Waals surface area contributed by atoms with Crippen LogP contribution in [0, 0.1) is 13.8 Å². The highest BCUT2D eigenvalue weighted by molar-refractivity contribution is 7.20. The van der Waals surface area contributed by atoms with Crippen molar-refractivity contribution in [3.05, 3.63) is 87.3 Å². The van der Waals surface area contributed by atoms with E-state index >= 15 is 0 Å². The van der Waals surface area contributed by atoms with Gasteiger partial charge in [0, 0.05) is 5.69 Å². The Morgan fingerprint density at radius 1 is 1.06 bits per heavy atom. The number of nitrogens with zero attached hydrogens (tertiary/aromatic N) is 2. The molecule has 0 fully saturated rings. The molecule has 8 nitrogen and oxygen atoms in total. The molecule has 2 aromatic heterocycles. The monoisotopic (exact) mass is 491 g/mol. The molecule has 0 radical (unpaired) electrons. The molecule has 4 aromatic rings. The Morgan fingerprint density at radius 2 is 1.77 bits per heavy atom. The molecule has 9 heteroatoms. The lowest BCUT2D eigenvalue weighted by molar-refractivity contribution is -0.118. The highest BCUT2D eigenvalue weighted by atomic mass is 32.1. The first-order chi connectivity index (χ1) is 16.9. The largest absolute Gasteiger partial charge is 0.490 e. The van der Waals surface area contributed by atoms with Gasteiger partial charge in [-0.15, -0.1) is 11.3 Å². The van der Waals surface area contributed by atoms with E-state index in [9.17, 15) is 14.4 Å². The van der Waals surface area contributed by atoms with E-state index in [0.29, 0.717) is 32.1 Å². The van der Waals surface area contributed by atoms with Crippen LogP contribution in [0.2, 0.25) is 0 Å². The zero-order valence-electron chi connectivity index (χ0n) is 19.6. The molecule has 1 amide bonds. The molecule has 4 rings (SSSR count). The van der Waals surface area contributed by atoms with E-state index in [1.165, 1.54) is 10.9 Å². The summed E-state index contributed by atoms with van der Waals surface area (Å²) in [5.74, 6) is -0.195.